The van der Waals surface area contributed by atoms with Crippen molar-refractivity contribution in [3.8, 4) is 11.5 Å². The van der Waals surface area contributed by atoms with E-state index in [1.165, 1.54) is 83.5 Å². The molecule has 1 unspecified atom stereocenters. The molecule has 1 aliphatic rings. The number of hydrogen-bond donors (Lipinski definition) is 3. The first-order valence-electron chi connectivity index (χ1n) is 23.0. The lowest BCUT2D eigenvalue weighted by Crippen LogP contribution is -2.61. The zero-order chi connectivity index (χ0) is 43.1. The van der Waals surface area contributed by atoms with Crippen LogP contribution in [0.5, 0.6) is 11.5 Å². The quantitative estimate of drug-likeness (QED) is 0.0248. The Hall–Kier alpha value is -2.33. The number of unbranched alkanes of at least 4 members (excludes halogenated alkanes) is 20. The SMILES string of the molecule is CCCCCCCCCCCCCC(=O)O[C@H]1[C@H](OS(=O)(=O)O)[C@@H](CO)OC(ON)[C@@H]1C(=O)CCc1ccc(OCCCCCCCC)c(OCCCCCCCC)c1. The van der Waals surface area contributed by atoms with Gasteiger partial charge in [-0.25, -0.2) is 10.1 Å². The molecule has 1 aromatic rings. The van der Waals surface area contributed by atoms with Crippen LogP contribution in [0.1, 0.15) is 187 Å². The van der Waals surface area contributed by atoms with Gasteiger partial charge in [-0.05, 0) is 43.4 Å². The van der Waals surface area contributed by atoms with Crippen LogP contribution in [-0.4, -0.2) is 74.3 Å². The first-order valence-corrected chi connectivity index (χ1v) is 24.3. The van der Waals surface area contributed by atoms with Crippen molar-refractivity contribution in [2.75, 3.05) is 19.8 Å². The number of carbonyl (C=O) groups excluding carboxylic acids is 2. The summed E-state index contributed by atoms with van der Waals surface area (Å²) in [6.07, 6.45) is 19.5. The van der Waals surface area contributed by atoms with Crippen molar-refractivity contribution in [2.45, 2.75) is 212 Å². The Labute approximate surface area is 356 Å². The van der Waals surface area contributed by atoms with Crippen molar-refractivity contribution in [3.63, 3.8) is 0 Å². The molecule has 1 aromatic carbocycles. The molecule has 4 N–H and O–H groups in total. The average Bonchev–Trinajstić information content (AvgIpc) is 3.21. The fourth-order valence-corrected chi connectivity index (χ4v) is 8.06. The van der Waals surface area contributed by atoms with Crippen LogP contribution in [0.15, 0.2) is 18.2 Å². The molecule has 1 saturated heterocycles. The van der Waals surface area contributed by atoms with Gasteiger partial charge in [0.2, 0.25) is 0 Å². The Morgan fingerprint density at radius 1 is 0.678 bits per heavy atom. The van der Waals surface area contributed by atoms with Gasteiger partial charge in [0, 0.05) is 12.8 Å². The highest BCUT2D eigenvalue weighted by Gasteiger charge is 2.53. The van der Waals surface area contributed by atoms with E-state index < -0.39 is 59.3 Å². The predicted molar refractivity (Wildman–Crippen MR) is 229 cm³/mol. The second-order valence-corrected chi connectivity index (χ2v) is 17.1. The number of nitrogens with two attached hydrogens (primary N) is 1. The predicted octanol–water partition coefficient (Wildman–Crippen LogP) is 9.69. The largest absolute Gasteiger partial charge is 0.490 e. The minimum absolute atomic E-state index is 0.0145. The van der Waals surface area contributed by atoms with E-state index in [9.17, 15) is 27.7 Å². The van der Waals surface area contributed by atoms with Crippen LogP contribution in [0.4, 0.5) is 0 Å². The molecule has 5 atom stereocenters. The van der Waals surface area contributed by atoms with Crippen molar-refractivity contribution in [1.29, 1.82) is 0 Å². The van der Waals surface area contributed by atoms with Crippen LogP contribution in [-0.2, 0) is 44.9 Å². The molecule has 0 aromatic heterocycles. The molecule has 0 saturated carbocycles. The van der Waals surface area contributed by atoms with Crippen LogP contribution in [0.2, 0.25) is 0 Å². The number of ketones is 1. The summed E-state index contributed by atoms with van der Waals surface area (Å²) in [7, 11) is -5.13. The van der Waals surface area contributed by atoms with Crippen LogP contribution in [0, 0.1) is 5.92 Å². The van der Waals surface area contributed by atoms with Crippen molar-refractivity contribution in [1.82, 2.24) is 0 Å². The lowest BCUT2D eigenvalue weighted by atomic mass is 9.85. The zero-order valence-electron chi connectivity index (χ0n) is 36.6. The molecule has 59 heavy (non-hydrogen) atoms. The van der Waals surface area contributed by atoms with Gasteiger partial charge in [0.15, 0.2) is 17.8 Å². The smallest absolute Gasteiger partial charge is 0.397 e. The van der Waals surface area contributed by atoms with Gasteiger partial charge in [-0.15, -0.1) is 0 Å². The van der Waals surface area contributed by atoms with Crippen molar-refractivity contribution in [2.24, 2.45) is 11.8 Å². The summed E-state index contributed by atoms with van der Waals surface area (Å²) < 4.78 is 62.3. The Morgan fingerprint density at radius 3 is 1.66 bits per heavy atom. The highest BCUT2D eigenvalue weighted by Crippen LogP contribution is 2.35. The first-order chi connectivity index (χ1) is 28.6. The number of carbonyl (C=O) groups is 2. The van der Waals surface area contributed by atoms with Crippen LogP contribution < -0.4 is 15.4 Å². The third-order valence-electron chi connectivity index (χ3n) is 11.0. The number of Topliss-reactive ketones (excluding diaryl/α,β-unsaturated/α-hetero) is 1. The van der Waals surface area contributed by atoms with E-state index in [-0.39, 0.29) is 19.3 Å². The third-order valence-corrected chi connectivity index (χ3v) is 11.5. The lowest BCUT2D eigenvalue weighted by molar-refractivity contribution is -0.280. The van der Waals surface area contributed by atoms with Gasteiger partial charge in [-0.1, -0.05) is 155 Å². The molecule has 0 bridgehead atoms. The number of aryl methyl sites for hydroxylation is 1. The second-order valence-electron chi connectivity index (χ2n) is 16.1. The zero-order valence-corrected chi connectivity index (χ0v) is 37.4. The van der Waals surface area contributed by atoms with Crippen LogP contribution >= 0.6 is 0 Å². The molecule has 1 fully saturated rings. The minimum atomic E-state index is -5.13. The van der Waals surface area contributed by atoms with E-state index in [0.717, 1.165) is 63.4 Å². The van der Waals surface area contributed by atoms with E-state index in [4.69, 9.17) is 33.9 Å². The molecule has 0 amide bonds. The normalized spacial score (nSPS) is 19.5. The van der Waals surface area contributed by atoms with Gasteiger partial charge in [0.25, 0.3) is 0 Å². The summed E-state index contributed by atoms with van der Waals surface area (Å²) in [5.74, 6) is 4.18. The van der Waals surface area contributed by atoms with Crippen molar-refractivity contribution >= 4 is 22.2 Å². The average molecular weight is 858 g/mol. The van der Waals surface area contributed by atoms with Crippen molar-refractivity contribution in [3.05, 3.63) is 23.8 Å². The van der Waals surface area contributed by atoms with E-state index in [1.54, 1.807) is 0 Å². The van der Waals surface area contributed by atoms with Gasteiger partial charge >= 0.3 is 16.4 Å². The number of benzene rings is 1. The molecule has 1 aliphatic heterocycles. The van der Waals surface area contributed by atoms with E-state index in [0.29, 0.717) is 31.1 Å². The molecule has 0 aliphatic carbocycles. The standard InChI is InChI=1S/C45H79NO12S/c1-4-7-10-13-16-17-18-19-20-21-24-27-41(49)56-44-42(45(57-46)55-40(35-47)43(44)58-59(50,51)52)37(48)30-28-36-29-31-38(53-32-25-22-14-11-8-5-2)39(34-36)54-33-26-23-15-12-9-6-3/h29,31,34,40,42-45,47H,4-28,30,32-33,35,46H2,1-3H3,(H,50,51,52)/t40-,42-,43-,44-,45?/m1/s1. The van der Waals surface area contributed by atoms with Gasteiger partial charge in [-0.3, -0.25) is 19.0 Å². The Bertz CT molecular complexity index is 1360. The molecule has 2 rings (SSSR count). The maximum atomic E-state index is 14.0. The fourth-order valence-electron chi connectivity index (χ4n) is 7.55. The summed E-state index contributed by atoms with van der Waals surface area (Å²) in [4.78, 5) is 32.3. The number of aliphatic hydroxyl groups excluding tert-OH is 1. The van der Waals surface area contributed by atoms with E-state index in [1.807, 2.05) is 18.2 Å². The number of aliphatic hydroxyl groups is 1. The van der Waals surface area contributed by atoms with Crippen LogP contribution in [0.3, 0.4) is 0 Å². The molecular weight excluding hydrogens is 779 g/mol. The number of hydrogen-bond acceptors (Lipinski definition) is 12. The maximum absolute atomic E-state index is 14.0. The Kier molecular flexibility index (Phi) is 29.0. The second kappa shape index (κ2) is 32.4. The highest BCUT2D eigenvalue weighted by atomic mass is 32.3. The number of rotatable bonds is 37. The van der Waals surface area contributed by atoms with Gasteiger partial charge < -0.3 is 24.1 Å². The van der Waals surface area contributed by atoms with Gasteiger partial charge in [0.1, 0.15) is 30.0 Å². The lowest BCUT2D eigenvalue weighted by Gasteiger charge is -2.43. The maximum Gasteiger partial charge on any atom is 0.397 e. The molecular formula is C45H79NO12S. The molecule has 13 nitrogen and oxygen atoms in total. The topological polar surface area (TPSA) is 190 Å². The van der Waals surface area contributed by atoms with Gasteiger partial charge in [-0.2, -0.15) is 8.42 Å². The molecule has 342 valence electrons. The molecule has 0 spiro atoms. The summed E-state index contributed by atoms with van der Waals surface area (Å²) >= 11 is 0. The monoisotopic (exact) mass is 858 g/mol. The van der Waals surface area contributed by atoms with Crippen molar-refractivity contribution < 1.29 is 55.6 Å². The van der Waals surface area contributed by atoms with E-state index >= 15 is 0 Å². The summed E-state index contributed by atoms with van der Waals surface area (Å²) in [6.45, 7) is 6.90. The Morgan fingerprint density at radius 2 is 1.17 bits per heavy atom. The number of ether oxygens (including phenoxy) is 4. The highest BCUT2D eigenvalue weighted by molar-refractivity contribution is 7.80. The third kappa shape index (κ3) is 22.9. The Balaban J connectivity index is 2.14. The summed E-state index contributed by atoms with van der Waals surface area (Å²) in [6, 6.07) is 5.59. The van der Waals surface area contributed by atoms with Crippen LogP contribution in [0.25, 0.3) is 0 Å². The summed E-state index contributed by atoms with van der Waals surface area (Å²) in [5.41, 5.74) is 0.786. The minimum Gasteiger partial charge on any atom is -0.490 e. The van der Waals surface area contributed by atoms with Gasteiger partial charge in [0.05, 0.1) is 19.8 Å². The number of esters is 1. The molecule has 0 radical (unpaired) electrons. The van der Waals surface area contributed by atoms with E-state index in [2.05, 4.69) is 20.8 Å². The first kappa shape index (κ1) is 52.8. The molecule has 1 heterocycles. The summed E-state index contributed by atoms with van der Waals surface area (Å²) in [5, 5.41) is 10.1. The molecule has 14 heteroatoms. The fraction of sp³-hybridized carbons (Fsp3) is 0.822.